The summed E-state index contributed by atoms with van der Waals surface area (Å²) in [5, 5.41) is 3.12. The van der Waals surface area contributed by atoms with E-state index in [2.05, 4.69) is 21.2 Å². The van der Waals surface area contributed by atoms with Crippen LogP contribution >= 0.6 is 15.9 Å². The number of alkyl halides is 1. The third-order valence-corrected chi connectivity index (χ3v) is 3.61. The second-order valence-corrected chi connectivity index (χ2v) is 5.01. The summed E-state index contributed by atoms with van der Waals surface area (Å²) in [7, 11) is 0. The van der Waals surface area contributed by atoms with Gasteiger partial charge in [-0.25, -0.2) is 0 Å². The van der Waals surface area contributed by atoms with Gasteiger partial charge in [-0.1, -0.05) is 46.3 Å². The van der Waals surface area contributed by atoms with Crippen LogP contribution in [-0.2, 0) is 16.1 Å². The highest BCUT2D eigenvalue weighted by atomic mass is 79.9. The van der Waals surface area contributed by atoms with Gasteiger partial charge in [0.15, 0.2) is 0 Å². The predicted octanol–water partition coefficient (Wildman–Crippen LogP) is 1.86. The maximum absolute atomic E-state index is 11.7. The molecule has 0 bridgehead atoms. The van der Waals surface area contributed by atoms with E-state index >= 15 is 0 Å². The molecule has 0 aromatic heterocycles. The van der Waals surface area contributed by atoms with Crippen LogP contribution in [0.5, 0.6) is 0 Å². The van der Waals surface area contributed by atoms with Crippen molar-refractivity contribution in [1.82, 2.24) is 5.32 Å². The number of carbonyl (C=O) groups excluding carboxylic acids is 1. The summed E-state index contributed by atoms with van der Waals surface area (Å²) in [6, 6.07) is 9.50. The highest BCUT2D eigenvalue weighted by Gasteiger charge is 2.31. The third kappa shape index (κ3) is 2.83. The monoisotopic (exact) mass is 283 g/mol. The topological polar surface area (TPSA) is 38.3 Å². The van der Waals surface area contributed by atoms with Gasteiger partial charge >= 0.3 is 5.97 Å². The Kier molecular flexibility index (Phi) is 3.96. The molecule has 1 aliphatic rings. The first kappa shape index (κ1) is 11.6. The lowest BCUT2D eigenvalue weighted by atomic mass is 10.2. The fourth-order valence-corrected chi connectivity index (χ4v) is 2.35. The first-order chi connectivity index (χ1) is 7.77. The number of carbonyl (C=O) groups is 1. The molecule has 1 heterocycles. The molecule has 16 heavy (non-hydrogen) atoms. The van der Waals surface area contributed by atoms with Crippen LogP contribution in [0.15, 0.2) is 30.3 Å². The molecule has 1 saturated heterocycles. The second kappa shape index (κ2) is 5.46. The second-order valence-electron chi connectivity index (χ2n) is 3.83. The van der Waals surface area contributed by atoms with E-state index in [-0.39, 0.29) is 16.8 Å². The standard InChI is InChI=1S/C12H14BrNO2/c13-10-6-7-14-11(10)12(15)16-8-9-4-2-1-3-5-9/h1-5,10-11,14H,6-8H2/t10?,11-/m0/s1. The number of hydrogen-bond acceptors (Lipinski definition) is 3. The van der Waals surface area contributed by atoms with Crippen LogP contribution in [0, 0.1) is 0 Å². The number of ether oxygens (including phenoxy) is 1. The molecule has 0 radical (unpaired) electrons. The van der Waals surface area contributed by atoms with Crippen LogP contribution in [0.25, 0.3) is 0 Å². The summed E-state index contributed by atoms with van der Waals surface area (Å²) >= 11 is 3.47. The van der Waals surface area contributed by atoms with Gasteiger partial charge < -0.3 is 10.1 Å². The summed E-state index contributed by atoms with van der Waals surface area (Å²) in [5.74, 6) is -0.178. The molecule has 0 aliphatic carbocycles. The Morgan fingerprint density at radius 3 is 2.81 bits per heavy atom. The molecule has 0 saturated carbocycles. The van der Waals surface area contributed by atoms with Crippen molar-refractivity contribution in [2.24, 2.45) is 0 Å². The van der Waals surface area contributed by atoms with Crippen molar-refractivity contribution in [1.29, 1.82) is 0 Å². The van der Waals surface area contributed by atoms with Gasteiger partial charge in [0.1, 0.15) is 12.6 Å². The van der Waals surface area contributed by atoms with Crippen LogP contribution in [0.3, 0.4) is 0 Å². The summed E-state index contributed by atoms with van der Waals surface area (Å²) in [4.78, 5) is 11.9. The van der Waals surface area contributed by atoms with Crippen LogP contribution in [-0.4, -0.2) is 23.4 Å². The predicted molar refractivity (Wildman–Crippen MR) is 65.4 cm³/mol. The summed E-state index contributed by atoms with van der Waals surface area (Å²) in [6.45, 7) is 1.21. The van der Waals surface area contributed by atoms with Crippen LogP contribution in [0.4, 0.5) is 0 Å². The van der Waals surface area contributed by atoms with Crippen LogP contribution < -0.4 is 5.32 Å². The molecule has 1 fully saturated rings. The van der Waals surface area contributed by atoms with Crippen molar-refractivity contribution in [2.75, 3.05) is 6.54 Å². The zero-order valence-corrected chi connectivity index (χ0v) is 10.4. The van der Waals surface area contributed by atoms with E-state index in [1.54, 1.807) is 0 Å². The number of esters is 1. The maximum atomic E-state index is 11.7. The normalized spacial score (nSPS) is 24.3. The number of halogens is 1. The Bertz CT molecular complexity index is 355. The highest BCUT2D eigenvalue weighted by molar-refractivity contribution is 9.09. The molecular formula is C12H14BrNO2. The quantitative estimate of drug-likeness (QED) is 0.680. The van der Waals surface area contributed by atoms with Crippen LogP contribution in [0.2, 0.25) is 0 Å². The minimum absolute atomic E-state index is 0.178. The van der Waals surface area contributed by atoms with Crippen molar-refractivity contribution >= 4 is 21.9 Å². The summed E-state index contributed by atoms with van der Waals surface area (Å²) in [5.41, 5.74) is 1.01. The fraction of sp³-hybridized carbons (Fsp3) is 0.417. The van der Waals surface area contributed by atoms with Gasteiger partial charge in [-0.2, -0.15) is 0 Å². The minimum atomic E-state index is -0.205. The molecule has 0 amide bonds. The third-order valence-electron chi connectivity index (χ3n) is 2.62. The lowest BCUT2D eigenvalue weighted by Gasteiger charge is -2.13. The van der Waals surface area contributed by atoms with E-state index in [9.17, 15) is 4.79 Å². The van der Waals surface area contributed by atoms with Gasteiger partial charge in [-0.3, -0.25) is 4.79 Å². The smallest absolute Gasteiger partial charge is 0.324 e. The van der Waals surface area contributed by atoms with Gasteiger partial charge in [-0.05, 0) is 18.5 Å². The zero-order chi connectivity index (χ0) is 11.4. The summed E-state index contributed by atoms with van der Waals surface area (Å²) in [6.07, 6.45) is 0.963. The molecule has 2 rings (SSSR count). The largest absolute Gasteiger partial charge is 0.460 e. The van der Waals surface area contributed by atoms with E-state index in [0.717, 1.165) is 18.5 Å². The molecule has 1 aliphatic heterocycles. The molecule has 1 aromatic rings. The molecule has 1 N–H and O–H groups in total. The van der Waals surface area contributed by atoms with Gasteiger partial charge in [0.2, 0.25) is 0 Å². The van der Waals surface area contributed by atoms with Crippen molar-refractivity contribution in [3.8, 4) is 0 Å². The zero-order valence-electron chi connectivity index (χ0n) is 8.86. The number of hydrogen-bond donors (Lipinski definition) is 1. The SMILES string of the molecule is O=C(OCc1ccccc1)[C@H]1NCCC1Br. The van der Waals surface area contributed by atoms with E-state index in [0.29, 0.717) is 6.61 Å². The van der Waals surface area contributed by atoms with Gasteiger partial charge in [-0.15, -0.1) is 0 Å². The Morgan fingerprint density at radius 1 is 1.44 bits per heavy atom. The Morgan fingerprint density at radius 2 is 2.19 bits per heavy atom. The maximum Gasteiger partial charge on any atom is 0.324 e. The first-order valence-corrected chi connectivity index (χ1v) is 6.27. The average Bonchev–Trinajstić information content (AvgIpc) is 2.74. The van der Waals surface area contributed by atoms with Crippen molar-refractivity contribution in [3.63, 3.8) is 0 Å². The molecule has 1 unspecified atom stereocenters. The molecule has 1 aromatic carbocycles. The molecule has 2 atom stereocenters. The Balaban J connectivity index is 1.84. The van der Waals surface area contributed by atoms with Crippen LogP contribution in [0.1, 0.15) is 12.0 Å². The van der Waals surface area contributed by atoms with Gasteiger partial charge in [0.05, 0.1) is 0 Å². The van der Waals surface area contributed by atoms with E-state index < -0.39 is 0 Å². The summed E-state index contributed by atoms with van der Waals surface area (Å²) < 4.78 is 5.25. The molecule has 4 heteroatoms. The van der Waals surface area contributed by atoms with E-state index in [1.807, 2.05) is 30.3 Å². The van der Waals surface area contributed by atoms with Crippen molar-refractivity contribution < 1.29 is 9.53 Å². The number of benzene rings is 1. The van der Waals surface area contributed by atoms with Gasteiger partial charge in [0.25, 0.3) is 0 Å². The molecule has 3 nitrogen and oxygen atoms in total. The molecular weight excluding hydrogens is 270 g/mol. The van der Waals surface area contributed by atoms with E-state index in [1.165, 1.54) is 0 Å². The van der Waals surface area contributed by atoms with Gasteiger partial charge in [0, 0.05) is 4.83 Å². The molecule has 86 valence electrons. The lowest BCUT2D eigenvalue weighted by Crippen LogP contribution is -2.37. The average molecular weight is 284 g/mol. The van der Waals surface area contributed by atoms with Crippen molar-refractivity contribution in [3.05, 3.63) is 35.9 Å². The minimum Gasteiger partial charge on any atom is -0.460 e. The Hall–Kier alpha value is -0.870. The number of nitrogens with one attached hydrogen (secondary N) is 1. The van der Waals surface area contributed by atoms with E-state index in [4.69, 9.17) is 4.74 Å². The lowest BCUT2D eigenvalue weighted by molar-refractivity contribution is -0.146. The van der Waals surface area contributed by atoms with Crippen molar-refractivity contribution in [2.45, 2.75) is 23.9 Å². The first-order valence-electron chi connectivity index (χ1n) is 5.35. The fourth-order valence-electron chi connectivity index (χ4n) is 1.72. The molecule has 0 spiro atoms. The highest BCUT2D eigenvalue weighted by Crippen LogP contribution is 2.17. The Labute approximate surface area is 103 Å². The number of rotatable bonds is 3.